The van der Waals surface area contributed by atoms with E-state index in [9.17, 15) is 0 Å². The Morgan fingerprint density at radius 2 is 1.00 bits per heavy atom. The number of aromatic nitrogens is 5. The lowest BCUT2D eigenvalue weighted by atomic mass is 9.80. The molecule has 3 aromatic heterocycles. The Morgan fingerprint density at radius 1 is 0.460 bits per heavy atom. The summed E-state index contributed by atoms with van der Waals surface area (Å²) in [6.45, 7) is 4.23. The first-order chi connectivity index (χ1) is 24.6. The van der Waals surface area contributed by atoms with Crippen molar-refractivity contribution >= 4 is 5.57 Å². The first kappa shape index (κ1) is 31.0. The number of benzene rings is 4. The van der Waals surface area contributed by atoms with Gasteiger partial charge in [0.15, 0.2) is 11.6 Å². The maximum absolute atomic E-state index is 5.14. The molecule has 0 bridgehead atoms. The van der Waals surface area contributed by atoms with Crippen LogP contribution < -0.4 is 0 Å². The highest BCUT2D eigenvalue weighted by atomic mass is 15.0. The van der Waals surface area contributed by atoms with Gasteiger partial charge < -0.3 is 0 Å². The minimum absolute atomic E-state index is 0.0548. The minimum Gasteiger partial charge on any atom is -0.254 e. The summed E-state index contributed by atoms with van der Waals surface area (Å²) >= 11 is 0. The lowest BCUT2D eigenvalue weighted by Crippen LogP contribution is -2.17. The van der Waals surface area contributed by atoms with Crippen molar-refractivity contribution in [2.45, 2.75) is 19.8 Å². The van der Waals surface area contributed by atoms with Crippen molar-refractivity contribution in [3.05, 3.63) is 181 Å². The largest absolute Gasteiger partial charge is 0.254 e. The van der Waals surface area contributed by atoms with Crippen LogP contribution in [0.15, 0.2) is 164 Å². The van der Waals surface area contributed by atoms with Gasteiger partial charge in [-0.2, -0.15) is 0 Å². The molecule has 0 saturated heterocycles. The first-order valence-electron chi connectivity index (χ1n) is 17.0. The zero-order chi connectivity index (χ0) is 33.9. The summed E-state index contributed by atoms with van der Waals surface area (Å²) < 4.78 is 0. The predicted octanol–water partition coefficient (Wildman–Crippen LogP) is 10.7. The van der Waals surface area contributed by atoms with Crippen LogP contribution in [0.5, 0.6) is 0 Å². The number of rotatable bonds is 7. The number of pyridine rings is 2. The van der Waals surface area contributed by atoms with Crippen LogP contribution in [0, 0.1) is 12.8 Å². The topological polar surface area (TPSA) is 64.5 Å². The molecule has 50 heavy (non-hydrogen) atoms. The van der Waals surface area contributed by atoms with Crippen molar-refractivity contribution in [2.24, 2.45) is 5.92 Å². The molecular formula is C45H35N5. The van der Waals surface area contributed by atoms with Gasteiger partial charge in [-0.25, -0.2) is 15.0 Å². The van der Waals surface area contributed by atoms with Gasteiger partial charge in [0.1, 0.15) is 5.82 Å². The maximum atomic E-state index is 5.14. The minimum atomic E-state index is -0.0548. The molecule has 3 heterocycles. The molecule has 0 fully saturated rings. The second kappa shape index (κ2) is 13.7. The third-order valence-corrected chi connectivity index (χ3v) is 9.32. The summed E-state index contributed by atoms with van der Waals surface area (Å²) in [7, 11) is 0. The van der Waals surface area contributed by atoms with Gasteiger partial charge in [0.25, 0.3) is 0 Å². The highest BCUT2D eigenvalue weighted by Crippen LogP contribution is 2.39. The molecule has 2 unspecified atom stereocenters. The Labute approximate surface area is 292 Å². The van der Waals surface area contributed by atoms with Crippen molar-refractivity contribution < 1.29 is 0 Å². The van der Waals surface area contributed by atoms with Gasteiger partial charge >= 0.3 is 0 Å². The van der Waals surface area contributed by atoms with Crippen LogP contribution in [0.1, 0.15) is 29.9 Å². The molecule has 7 aromatic rings. The Balaban J connectivity index is 1.15. The first-order valence-corrected chi connectivity index (χ1v) is 17.0. The van der Waals surface area contributed by atoms with Crippen LogP contribution in [0.25, 0.3) is 62.0 Å². The molecule has 240 valence electrons. The van der Waals surface area contributed by atoms with Crippen LogP contribution in [0.2, 0.25) is 0 Å². The van der Waals surface area contributed by atoms with E-state index in [1.807, 2.05) is 43.5 Å². The van der Waals surface area contributed by atoms with E-state index in [1.165, 1.54) is 16.7 Å². The lowest BCUT2D eigenvalue weighted by Gasteiger charge is -2.26. The fourth-order valence-corrected chi connectivity index (χ4v) is 6.55. The second-order valence-electron chi connectivity index (χ2n) is 12.6. The molecule has 0 spiro atoms. The van der Waals surface area contributed by atoms with E-state index in [4.69, 9.17) is 19.9 Å². The summed E-state index contributed by atoms with van der Waals surface area (Å²) in [6.07, 6.45) is 8.44. The van der Waals surface area contributed by atoms with Gasteiger partial charge in [-0.05, 0) is 64.4 Å². The monoisotopic (exact) mass is 645 g/mol. The molecular weight excluding hydrogens is 611 g/mol. The molecule has 0 amide bonds. The van der Waals surface area contributed by atoms with Crippen molar-refractivity contribution in [2.75, 3.05) is 0 Å². The van der Waals surface area contributed by atoms with E-state index in [-0.39, 0.29) is 11.8 Å². The molecule has 5 heteroatoms. The second-order valence-corrected chi connectivity index (χ2v) is 12.6. The van der Waals surface area contributed by atoms with Gasteiger partial charge in [-0.1, -0.05) is 146 Å². The van der Waals surface area contributed by atoms with E-state index in [0.717, 1.165) is 50.7 Å². The smallest absolute Gasteiger partial charge is 0.163 e. The van der Waals surface area contributed by atoms with Gasteiger partial charge in [0, 0.05) is 28.9 Å². The van der Waals surface area contributed by atoms with Crippen LogP contribution in [0.3, 0.4) is 0 Å². The highest BCUT2D eigenvalue weighted by molar-refractivity contribution is 5.73. The van der Waals surface area contributed by atoms with E-state index < -0.39 is 0 Å². The Hall–Kier alpha value is -6.33. The van der Waals surface area contributed by atoms with Gasteiger partial charge in [0.05, 0.1) is 11.4 Å². The number of aryl methyl sites for hydroxylation is 1. The zero-order valence-electron chi connectivity index (χ0n) is 28.0. The van der Waals surface area contributed by atoms with Crippen LogP contribution in [-0.4, -0.2) is 24.9 Å². The number of allylic oxidation sites excluding steroid dienone is 4. The van der Waals surface area contributed by atoms with Crippen molar-refractivity contribution in [3.63, 3.8) is 0 Å². The normalized spacial score (nSPS) is 15.4. The quantitative estimate of drug-likeness (QED) is 0.173. The molecule has 1 aliphatic carbocycles. The van der Waals surface area contributed by atoms with E-state index in [2.05, 4.69) is 139 Å². The van der Waals surface area contributed by atoms with Crippen molar-refractivity contribution in [3.8, 4) is 56.4 Å². The van der Waals surface area contributed by atoms with Crippen LogP contribution >= 0.6 is 0 Å². The third-order valence-electron chi connectivity index (χ3n) is 9.32. The predicted molar refractivity (Wildman–Crippen MR) is 203 cm³/mol. The standard InChI is InChI=1S/C45H35N5/c1-30-11-9-18-42(47-30)41-28-27-38(29-46-41)39-16-10-17-40(31(39)2)45-49-43(36-23-19-34(20-24-36)32-12-5-3-6-13-32)48-44(50-45)37-25-21-35(22-26-37)33-14-7-4-8-15-33/h3-29,31,40H,1-2H3. The molecule has 0 radical (unpaired) electrons. The fraction of sp³-hybridized carbons (Fsp3) is 0.0889. The number of nitrogens with zero attached hydrogens (tertiary/aromatic N) is 5. The van der Waals surface area contributed by atoms with E-state index in [1.54, 1.807) is 0 Å². The van der Waals surface area contributed by atoms with Crippen molar-refractivity contribution in [1.29, 1.82) is 0 Å². The zero-order valence-corrected chi connectivity index (χ0v) is 28.0. The van der Waals surface area contributed by atoms with Gasteiger partial charge in [-0.15, -0.1) is 0 Å². The van der Waals surface area contributed by atoms with Crippen LogP contribution in [-0.2, 0) is 0 Å². The molecule has 5 nitrogen and oxygen atoms in total. The molecule has 8 rings (SSSR count). The molecule has 0 saturated carbocycles. The van der Waals surface area contributed by atoms with Gasteiger partial charge in [-0.3, -0.25) is 9.97 Å². The average molecular weight is 646 g/mol. The molecule has 4 aromatic carbocycles. The molecule has 0 aliphatic heterocycles. The average Bonchev–Trinajstić information content (AvgIpc) is 3.19. The Kier molecular flexibility index (Phi) is 8.46. The molecule has 0 N–H and O–H groups in total. The third kappa shape index (κ3) is 6.41. The van der Waals surface area contributed by atoms with E-state index in [0.29, 0.717) is 11.6 Å². The van der Waals surface area contributed by atoms with Gasteiger partial charge in [0.2, 0.25) is 0 Å². The summed E-state index contributed by atoms with van der Waals surface area (Å²) in [5, 5.41) is 0. The SMILES string of the molecule is Cc1cccc(-c2ccc(C3=CC=CC(c4nc(-c5ccc(-c6ccccc6)cc5)nc(-c5ccc(-c6ccccc6)cc5)n4)C3C)cn2)n1. The maximum Gasteiger partial charge on any atom is 0.163 e. The van der Waals surface area contributed by atoms with Crippen LogP contribution in [0.4, 0.5) is 0 Å². The Bertz CT molecular complexity index is 2210. The number of hydrogen-bond donors (Lipinski definition) is 0. The summed E-state index contributed by atoms with van der Waals surface area (Å²) in [5.74, 6) is 2.11. The molecule has 1 aliphatic rings. The Morgan fingerprint density at radius 3 is 1.54 bits per heavy atom. The molecule has 2 atom stereocenters. The van der Waals surface area contributed by atoms with E-state index >= 15 is 0 Å². The summed E-state index contributed by atoms with van der Waals surface area (Å²) in [4.78, 5) is 24.8. The highest BCUT2D eigenvalue weighted by Gasteiger charge is 2.27. The van der Waals surface area contributed by atoms with Crippen molar-refractivity contribution in [1.82, 2.24) is 24.9 Å². The lowest BCUT2D eigenvalue weighted by molar-refractivity contribution is 0.615. The fourth-order valence-electron chi connectivity index (χ4n) is 6.55. The summed E-state index contributed by atoms with van der Waals surface area (Å²) in [5.41, 5.74) is 11.5. The summed E-state index contributed by atoms with van der Waals surface area (Å²) in [6, 6.07) is 47.9. The number of hydrogen-bond acceptors (Lipinski definition) is 5.